The zero-order valence-electron chi connectivity index (χ0n) is 11.3. The molecule has 0 bridgehead atoms. The smallest absolute Gasteiger partial charge is 0.144 e. The second-order valence-corrected chi connectivity index (χ2v) is 5.74. The molecule has 19 heavy (non-hydrogen) atoms. The van der Waals surface area contributed by atoms with Crippen LogP contribution in [0, 0.1) is 5.82 Å². The molecule has 1 atom stereocenters. The number of nitrogens with zero attached hydrogens (tertiary/aromatic N) is 2. The monoisotopic (exact) mass is 302 g/mol. The molecule has 0 N–H and O–H groups in total. The van der Waals surface area contributed by atoms with Gasteiger partial charge in [-0.1, -0.05) is 25.4 Å². The van der Waals surface area contributed by atoms with Gasteiger partial charge in [0.15, 0.2) is 0 Å². The van der Waals surface area contributed by atoms with Gasteiger partial charge in [-0.3, -0.25) is 0 Å². The molecule has 0 saturated carbocycles. The lowest BCUT2D eigenvalue weighted by Gasteiger charge is -2.19. The second kappa shape index (κ2) is 5.68. The molecular formula is C14H17Cl2FN2. The summed E-state index contributed by atoms with van der Waals surface area (Å²) in [5.74, 6) is 0.323. The Morgan fingerprint density at radius 1 is 1.32 bits per heavy atom. The molecule has 0 aliphatic carbocycles. The molecule has 2 nitrogen and oxygen atoms in total. The summed E-state index contributed by atoms with van der Waals surface area (Å²) in [5.41, 5.74) is 1.46. The van der Waals surface area contributed by atoms with Crippen molar-refractivity contribution in [3.8, 4) is 0 Å². The lowest BCUT2D eigenvalue weighted by molar-refractivity contribution is 0.466. The summed E-state index contributed by atoms with van der Waals surface area (Å²) in [4.78, 5) is 4.46. The van der Waals surface area contributed by atoms with Gasteiger partial charge in [-0.05, 0) is 25.8 Å². The van der Waals surface area contributed by atoms with Gasteiger partial charge >= 0.3 is 0 Å². The van der Waals surface area contributed by atoms with Gasteiger partial charge in [-0.15, -0.1) is 11.6 Å². The maximum atomic E-state index is 13.5. The van der Waals surface area contributed by atoms with Crippen LogP contribution in [0.5, 0.6) is 0 Å². The Morgan fingerprint density at radius 2 is 1.95 bits per heavy atom. The van der Waals surface area contributed by atoms with E-state index in [1.807, 2.05) is 6.92 Å². The molecule has 0 fully saturated rings. The van der Waals surface area contributed by atoms with Crippen molar-refractivity contribution >= 4 is 34.2 Å². The van der Waals surface area contributed by atoms with Gasteiger partial charge in [0.05, 0.1) is 21.4 Å². The van der Waals surface area contributed by atoms with E-state index >= 15 is 0 Å². The first kappa shape index (κ1) is 14.6. The summed E-state index contributed by atoms with van der Waals surface area (Å²) in [6.07, 6.45) is 1.93. The third kappa shape index (κ3) is 2.59. The van der Waals surface area contributed by atoms with E-state index in [2.05, 4.69) is 23.4 Å². The molecule has 0 radical (unpaired) electrons. The lowest BCUT2D eigenvalue weighted by atomic mass is 10.1. The van der Waals surface area contributed by atoms with Crippen molar-refractivity contribution in [1.29, 1.82) is 0 Å². The van der Waals surface area contributed by atoms with Gasteiger partial charge in [0.2, 0.25) is 0 Å². The van der Waals surface area contributed by atoms with E-state index < -0.39 is 5.82 Å². The van der Waals surface area contributed by atoms with Crippen LogP contribution in [-0.4, -0.2) is 9.55 Å². The van der Waals surface area contributed by atoms with Crippen molar-refractivity contribution < 1.29 is 4.39 Å². The molecule has 104 valence electrons. The highest BCUT2D eigenvalue weighted by atomic mass is 35.5. The summed E-state index contributed by atoms with van der Waals surface area (Å²) < 4.78 is 15.6. The van der Waals surface area contributed by atoms with Crippen molar-refractivity contribution in [1.82, 2.24) is 9.55 Å². The number of fused-ring (bicyclic) bond motifs is 1. The first-order valence-corrected chi connectivity index (χ1v) is 7.31. The Balaban J connectivity index is 2.75. The maximum Gasteiger partial charge on any atom is 0.144 e. The molecule has 0 saturated heterocycles. The normalized spacial score (nSPS) is 13.4. The van der Waals surface area contributed by atoms with Gasteiger partial charge in [0, 0.05) is 12.1 Å². The predicted molar refractivity (Wildman–Crippen MR) is 78.6 cm³/mol. The number of imidazole rings is 1. The fourth-order valence-electron chi connectivity index (χ4n) is 2.43. The molecule has 1 heterocycles. The Morgan fingerprint density at radius 3 is 2.47 bits per heavy atom. The van der Waals surface area contributed by atoms with Crippen LogP contribution in [0.15, 0.2) is 12.1 Å². The zero-order valence-corrected chi connectivity index (χ0v) is 12.8. The van der Waals surface area contributed by atoms with Crippen molar-refractivity contribution in [2.45, 2.75) is 45.0 Å². The number of aromatic nitrogens is 2. The molecular weight excluding hydrogens is 286 g/mol. The van der Waals surface area contributed by atoms with Crippen LogP contribution < -0.4 is 0 Å². The van der Waals surface area contributed by atoms with E-state index in [0.717, 1.165) is 24.2 Å². The first-order chi connectivity index (χ1) is 8.99. The van der Waals surface area contributed by atoms with Crippen molar-refractivity contribution in [3.63, 3.8) is 0 Å². The quantitative estimate of drug-likeness (QED) is 0.683. The van der Waals surface area contributed by atoms with Crippen molar-refractivity contribution in [2.75, 3.05) is 0 Å². The number of benzene rings is 1. The summed E-state index contributed by atoms with van der Waals surface area (Å²) >= 11 is 12.1. The van der Waals surface area contributed by atoms with E-state index in [9.17, 15) is 4.39 Å². The minimum Gasteiger partial charge on any atom is -0.324 e. The summed E-state index contributed by atoms with van der Waals surface area (Å²) in [7, 11) is 0. The molecule has 1 unspecified atom stereocenters. The molecule has 0 spiro atoms. The predicted octanol–water partition coefficient (Wildman–Crippen LogP) is 5.49. The van der Waals surface area contributed by atoms with E-state index in [1.54, 1.807) is 6.07 Å². The van der Waals surface area contributed by atoms with Crippen molar-refractivity contribution in [2.24, 2.45) is 0 Å². The molecule has 0 aliphatic heterocycles. The summed E-state index contributed by atoms with van der Waals surface area (Å²) in [5, 5.41) is -0.108. The molecule has 1 aromatic heterocycles. The summed E-state index contributed by atoms with van der Waals surface area (Å²) in [6.45, 7) is 6.11. The number of halogens is 3. The molecule has 1 aromatic carbocycles. The third-order valence-corrected chi connectivity index (χ3v) is 3.91. The van der Waals surface area contributed by atoms with Gasteiger partial charge in [0.1, 0.15) is 11.6 Å². The largest absolute Gasteiger partial charge is 0.324 e. The fourth-order valence-corrected chi connectivity index (χ4v) is 2.74. The number of rotatable bonds is 4. The number of hydrogen-bond donors (Lipinski definition) is 0. The highest BCUT2D eigenvalue weighted by molar-refractivity contribution is 6.31. The maximum absolute atomic E-state index is 13.5. The fraction of sp³-hybridized carbons (Fsp3) is 0.500. The SMILES string of the molecule is CCC(CC)n1c(C(C)Cl)nc2cc(F)c(Cl)cc21. The Kier molecular flexibility index (Phi) is 4.36. The number of alkyl halides is 1. The standard InChI is InChI=1S/C14H17Cl2FN2/c1-4-9(5-2)19-13-6-10(16)11(17)7-12(13)18-14(19)8(3)15/h6-9H,4-5H2,1-3H3. The van der Waals surface area contributed by atoms with Gasteiger partial charge in [-0.25, -0.2) is 9.37 Å². The first-order valence-electron chi connectivity index (χ1n) is 6.50. The Labute approximate surface area is 122 Å². The van der Waals surface area contributed by atoms with E-state index in [-0.39, 0.29) is 10.4 Å². The minimum absolute atomic E-state index is 0.119. The van der Waals surface area contributed by atoms with Crippen LogP contribution in [-0.2, 0) is 0 Å². The van der Waals surface area contributed by atoms with Crippen LogP contribution in [0.2, 0.25) is 5.02 Å². The van der Waals surface area contributed by atoms with Crippen LogP contribution in [0.1, 0.15) is 50.9 Å². The van der Waals surface area contributed by atoms with Gasteiger partial charge in [-0.2, -0.15) is 0 Å². The molecule has 2 rings (SSSR count). The van der Waals surface area contributed by atoms with Crippen molar-refractivity contribution in [3.05, 3.63) is 28.8 Å². The average Bonchev–Trinajstić information content (AvgIpc) is 2.71. The molecule has 5 heteroatoms. The summed E-state index contributed by atoms with van der Waals surface area (Å²) in [6, 6.07) is 3.31. The Bertz CT molecular complexity index is 589. The third-order valence-electron chi connectivity index (χ3n) is 3.42. The topological polar surface area (TPSA) is 17.8 Å². The van der Waals surface area contributed by atoms with E-state index in [0.29, 0.717) is 11.6 Å². The highest BCUT2D eigenvalue weighted by Crippen LogP contribution is 2.32. The van der Waals surface area contributed by atoms with E-state index in [1.165, 1.54) is 6.07 Å². The number of hydrogen-bond acceptors (Lipinski definition) is 1. The lowest BCUT2D eigenvalue weighted by Crippen LogP contribution is -2.11. The van der Waals surface area contributed by atoms with Crippen LogP contribution in [0.3, 0.4) is 0 Å². The minimum atomic E-state index is -0.447. The molecule has 0 amide bonds. The second-order valence-electron chi connectivity index (χ2n) is 4.68. The molecule has 0 aliphatic rings. The van der Waals surface area contributed by atoms with Crippen LogP contribution in [0.25, 0.3) is 11.0 Å². The van der Waals surface area contributed by atoms with Crippen LogP contribution in [0.4, 0.5) is 4.39 Å². The van der Waals surface area contributed by atoms with Gasteiger partial charge < -0.3 is 4.57 Å². The molecule has 2 aromatic rings. The zero-order chi connectivity index (χ0) is 14.2. The highest BCUT2D eigenvalue weighted by Gasteiger charge is 2.21. The van der Waals surface area contributed by atoms with E-state index in [4.69, 9.17) is 23.2 Å². The van der Waals surface area contributed by atoms with Gasteiger partial charge in [0.25, 0.3) is 0 Å². The van der Waals surface area contributed by atoms with Crippen LogP contribution >= 0.6 is 23.2 Å². The Hall–Kier alpha value is -0.800. The average molecular weight is 303 g/mol.